The average Bonchev–Trinajstić information content (AvgIpc) is 2.93. The SMILES string of the molecule is Nc1ncc(-c2cnn(C3CCOCC3)c2)cc1Cl. The highest BCUT2D eigenvalue weighted by Gasteiger charge is 2.16. The van der Waals surface area contributed by atoms with E-state index in [2.05, 4.69) is 10.1 Å². The Hall–Kier alpha value is -1.59. The molecule has 0 amide bonds. The van der Waals surface area contributed by atoms with Crippen molar-refractivity contribution in [3.63, 3.8) is 0 Å². The highest BCUT2D eigenvalue weighted by Crippen LogP contribution is 2.27. The Balaban J connectivity index is 1.85. The summed E-state index contributed by atoms with van der Waals surface area (Å²) >= 11 is 5.99. The Bertz CT molecular complexity index is 578. The molecule has 2 aromatic heterocycles. The van der Waals surface area contributed by atoms with Crippen LogP contribution in [-0.4, -0.2) is 28.0 Å². The van der Waals surface area contributed by atoms with E-state index in [4.69, 9.17) is 22.1 Å². The second kappa shape index (κ2) is 5.19. The quantitative estimate of drug-likeness (QED) is 0.917. The highest BCUT2D eigenvalue weighted by atomic mass is 35.5. The fraction of sp³-hybridized carbons (Fsp3) is 0.385. The maximum Gasteiger partial charge on any atom is 0.142 e. The van der Waals surface area contributed by atoms with Gasteiger partial charge in [-0.25, -0.2) is 4.98 Å². The molecule has 1 saturated heterocycles. The van der Waals surface area contributed by atoms with Gasteiger partial charge in [0, 0.05) is 36.7 Å². The third kappa shape index (κ3) is 2.57. The molecule has 5 nitrogen and oxygen atoms in total. The first-order valence-electron chi connectivity index (χ1n) is 6.27. The van der Waals surface area contributed by atoms with Gasteiger partial charge in [0.1, 0.15) is 5.82 Å². The fourth-order valence-corrected chi connectivity index (χ4v) is 2.41. The monoisotopic (exact) mass is 278 g/mol. The molecule has 0 spiro atoms. The Kier molecular flexibility index (Phi) is 3.40. The number of anilines is 1. The number of nitrogens with zero attached hydrogens (tertiary/aromatic N) is 3. The van der Waals surface area contributed by atoms with Crippen molar-refractivity contribution in [2.75, 3.05) is 18.9 Å². The van der Waals surface area contributed by atoms with Crippen molar-refractivity contribution in [1.82, 2.24) is 14.8 Å². The molecule has 0 radical (unpaired) electrons. The molecule has 1 aliphatic rings. The van der Waals surface area contributed by atoms with Crippen LogP contribution in [0.1, 0.15) is 18.9 Å². The summed E-state index contributed by atoms with van der Waals surface area (Å²) in [7, 11) is 0. The van der Waals surface area contributed by atoms with Crippen molar-refractivity contribution in [2.24, 2.45) is 0 Å². The van der Waals surface area contributed by atoms with Crippen LogP contribution in [-0.2, 0) is 4.74 Å². The first-order chi connectivity index (χ1) is 9.24. The molecule has 3 heterocycles. The number of aromatic nitrogens is 3. The van der Waals surface area contributed by atoms with Gasteiger partial charge < -0.3 is 10.5 Å². The molecule has 0 atom stereocenters. The van der Waals surface area contributed by atoms with E-state index in [0.29, 0.717) is 16.9 Å². The maximum absolute atomic E-state index is 5.99. The molecular weight excluding hydrogens is 264 g/mol. The van der Waals surface area contributed by atoms with Crippen LogP contribution < -0.4 is 5.73 Å². The zero-order chi connectivity index (χ0) is 13.2. The standard InChI is InChI=1S/C13H15ClN4O/c14-12-5-9(6-16-13(12)15)10-7-17-18(8-10)11-1-3-19-4-2-11/h5-8,11H,1-4H2,(H2,15,16). The number of nitrogen functional groups attached to an aromatic ring is 1. The van der Waals surface area contributed by atoms with E-state index >= 15 is 0 Å². The van der Waals surface area contributed by atoms with Crippen molar-refractivity contribution in [3.8, 4) is 11.1 Å². The zero-order valence-electron chi connectivity index (χ0n) is 10.4. The lowest BCUT2D eigenvalue weighted by atomic mass is 10.1. The minimum absolute atomic E-state index is 0.349. The number of nitrogens with two attached hydrogens (primary N) is 1. The van der Waals surface area contributed by atoms with Crippen LogP contribution in [0.25, 0.3) is 11.1 Å². The van der Waals surface area contributed by atoms with E-state index in [1.165, 1.54) is 0 Å². The summed E-state index contributed by atoms with van der Waals surface area (Å²) < 4.78 is 7.36. The van der Waals surface area contributed by atoms with Crippen molar-refractivity contribution in [2.45, 2.75) is 18.9 Å². The number of rotatable bonds is 2. The summed E-state index contributed by atoms with van der Waals surface area (Å²) in [5.74, 6) is 0.349. The van der Waals surface area contributed by atoms with Crippen LogP contribution in [0.3, 0.4) is 0 Å². The number of hydrogen-bond acceptors (Lipinski definition) is 4. The van der Waals surface area contributed by atoms with Gasteiger partial charge in [0.25, 0.3) is 0 Å². The first kappa shape index (κ1) is 12.4. The summed E-state index contributed by atoms with van der Waals surface area (Å²) in [5.41, 5.74) is 7.54. The molecule has 6 heteroatoms. The van der Waals surface area contributed by atoms with Crippen molar-refractivity contribution < 1.29 is 4.74 Å². The molecule has 0 unspecified atom stereocenters. The minimum Gasteiger partial charge on any atom is -0.382 e. The van der Waals surface area contributed by atoms with E-state index < -0.39 is 0 Å². The smallest absolute Gasteiger partial charge is 0.142 e. The van der Waals surface area contributed by atoms with E-state index in [9.17, 15) is 0 Å². The van der Waals surface area contributed by atoms with Crippen LogP contribution in [0, 0.1) is 0 Å². The van der Waals surface area contributed by atoms with E-state index in [0.717, 1.165) is 37.2 Å². The highest BCUT2D eigenvalue weighted by molar-refractivity contribution is 6.33. The largest absolute Gasteiger partial charge is 0.382 e. The van der Waals surface area contributed by atoms with Gasteiger partial charge in [0.2, 0.25) is 0 Å². The summed E-state index contributed by atoms with van der Waals surface area (Å²) in [6, 6.07) is 2.23. The predicted octanol–water partition coefficient (Wildman–Crippen LogP) is 2.53. The van der Waals surface area contributed by atoms with E-state index in [-0.39, 0.29) is 0 Å². The molecular formula is C13H15ClN4O. The summed E-state index contributed by atoms with van der Waals surface area (Å²) in [5, 5.41) is 4.90. The number of halogens is 1. The van der Waals surface area contributed by atoms with Crippen molar-refractivity contribution in [3.05, 3.63) is 29.7 Å². The average molecular weight is 279 g/mol. The van der Waals surface area contributed by atoms with Crippen LogP contribution in [0.5, 0.6) is 0 Å². The second-order valence-corrected chi connectivity index (χ2v) is 5.05. The summed E-state index contributed by atoms with van der Waals surface area (Å²) in [6.07, 6.45) is 7.58. The van der Waals surface area contributed by atoms with Gasteiger partial charge in [-0.15, -0.1) is 0 Å². The van der Waals surface area contributed by atoms with Crippen LogP contribution in [0.15, 0.2) is 24.7 Å². The lowest BCUT2D eigenvalue weighted by molar-refractivity contribution is 0.0662. The normalized spacial score (nSPS) is 16.7. The van der Waals surface area contributed by atoms with Gasteiger partial charge in [0.15, 0.2) is 0 Å². The van der Waals surface area contributed by atoms with Crippen molar-refractivity contribution >= 4 is 17.4 Å². The Morgan fingerprint density at radius 3 is 2.79 bits per heavy atom. The van der Waals surface area contributed by atoms with Gasteiger partial charge in [-0.1, -0.05) is 11.6 Å². The second-order valence-electron chi connectivity index (χ2n) is 4.64. The zero-order valence-corrected chi connectivity index (χ0v) is 11.2. The molecule has 0 saturated carbocycles. The molecule has 1 fully saturated rings. The first-order valence-corrected chi connectivity index (χ1v) is 6.65. The maximum atomic E-state index is 5.99. The molecule has 19 heavy (non-hydrogen) atoms. The molecule has 2 aromatic rings. The van der Waals surface area contributed by atoms with E-state index in [1.807, 2.05) is 23.1 Å². The van der Waals surface area contributed by atoms with Crippen LogP contribution in [0.4, 0.5) is 5.82 Å². The van der Waals surface area contributed by atoms with Gasteiger partial charge in [-0.2, -0.15) is 5.10 Å². The number of ether oxygens (including phenoxy) is 1. The van der Waals surface area contributed by atoms with Gasteiger partial charge >= 0.3 is 0 Å². The van der Waals surface area contributed by atoms with Gasteiger partial charge in [-0.3, -0.25) is 4.68 Å². The van der Waals surface area contributed by atoms with Crippen molar-refractivity contribution in [1.29, 1.82) is 0 Å². The Labute approximate surface area is 116 Å². The molecule has 0 aliphatic carbocycles. The molecule has 2 N–H and O–H groups in total. The fourth-order valence-electron chi connectivity index (χ4n) is 2.24. The molecule has 1 aliphatic heterocycles. The topological polar surface area (TPSA) is 66.0 Å². The molecule has 0 aromatic carbocycles. The molecule has 3 rings (SSSR count). The van der Waals surface area contributed by atoms with Crippen LogP contribution >= 0.6 is 11.6 Å². The molecule has 0 bridgehead atoms. The third-order valence-corrected chi connectivity index (χ3v) is 3.67. The number of pyridine rings is 1. The Morgan fingerprint density at radius 1 is 1.26 bits per heavy atom. The number of hydrogen-bond donors (Lipinski definition) is 1. The lowest BCUT2D eigenvalue weighted by Gasteiger charge is -2.22. The van der Waals surface area contributed by atoms with Crippen LogP contribution in [0.2, 0.25) is 5.02 Å². The van der Waals surface area contributed by atoms with E-state index in [1.54, 1.807) is 6.20 Å². The summed E-state index contributed by atoms with van der Waals surface area (Å²) in [6.45, 7) is 1.60. The summed E-state index contributed by atoms with van der Waals surface area (Å²) in [4.78, 5) is 4.07. The van der Waals surface area contributed by atoms with Gasteiger partial charge in [0.05, 0.1) is 17.3 Å². The Morgan fingerprint density at radius 2 is 2.05 bits per heavy atom. The minimum atomic E-state index is 0.349. The van der Waals surface area contributed by atoms with Gasteiger partial charge in [-0.05, 0) is 18.9 Å². The predicted molar refractivity (Wildman–Crippen MR) is 74.0 cm³/mol. The third-order valence-electron chi connectivity index (χ3n) is 3.37. The molecule has 100 valence electrons. The lowest BCUT2D eigenvalue weighted by Crippen LogP contribution is -2.19.